The summed E-state index contributed by atoms with van der Waals surface area (Å²) in [6.45, 7) is 8.65. The van der Waals surface area contributed by atoms with Gasteiger partial charge in [0.2, 0.25) is 0 Å². The van der Waals surface area contributed by atoms with Gasteiger partial charge >= 0.3 is 0 Å². The maximum absolute atomic E-state index is 9.88. The third-order valence-electron chi connectivity index (χ3n) is 4.44. The highest BCUT2D eigenvalue weighted by Gasteiger charge is 2.29. The maximum Gasteiger partial charge on any atom is 0.128 e. The number of unbranched alkanes of at least 4 members (excludes halogenated alkanes) is 1. The van der Waals surface area contributed by atoms with Crippen molar-refractivity contribution in [3.05, 3.63) is 23.0 Å². The predicted molar refractivity (Wildman–Crippen MR) is 83.3 cm³/mol. The monoisotopic (exact) mass is 279 g/mol. The first-order valence-electron chi connectivity index (χ1n) is 7.63. The third-order valence-corrected chi connectivity index (χ3v) is 4.44. The van der Waals surface area contributed by atoms with Gasteiger partial charge in [-0.3, -0.25) is 4.98 Å². The summed E-state index contributed by atoms with van der Waals surface area (Å²) in [6.07, 6.45) is 7.03. The van der Waals surface area contributed by atoms with Crippen molar-refractivity contribution in [2.45, 2.75) is 59.8 Å². The van der Waals surface area contributed by atoms with Crippen LogP contribution in [-0.2, 0) is 6.42 Å². The number of rotatable bonds is 8. The molecule has 114 valence electrons. The normalized spacial score (nSPS) is 14.1. The topological polar surface area (TPSA) is 42.4 Å². The van der Waals surface area contributed by atoms with Crippen LogP contribution < -0.4 is 4.74 Å². The van der Waals surface area contributed by atoms with Crippen molar-refractivity contribution in [1.82, 2.24) is 4.98 Å². The summed E-state index contributed by atoms with van der Waals surface area (Å²) in [5, 5.41) is 9.88. The summed E-state index contributed by atoms with van der Waals surface area (Å²) in [5.74, 6) is 0.924. The first-order chi connectivity index (χ1) is 9.53. The van der Waals surface area contributed by atoms with Crippen LogP contribution in [0.5, 0.6) is 5.75 Å². The molecule has 0 aliphatic rings. The van der Waals surface area contributed by atoms with Crippen LogP contribution in [0.15, 0.2) is 6.20 Å². The molecule has 1 atom stereocenters. The zero-order valence-corrected chi connectivity index (χ0v) is 13.6. The van der Waals surface area contributed by atoms with Crippen molar-refractivity contribution in [1.29, 1.82) is 0 Å². The molecule has 0 radical (unpaired) electrons. The molecule has 1 aromatic heterocycles. The summed E-state index contributed by atoms with van der Waals surface area (Å²) in [7, 11) is 1.70. The van der Waals surface area contributed by atoms with Crippen LogP contribution in [-0.4, -0.2) is 23.8 Å². The number of ether oxygens (including phenoxy) is 1. The molecule has 3 heteroatoms. The SMILES string of the molecule is CCCCC(CC)(CO)Cc1ncc(C)c(OC)c1C. The molecule has 1 N–H and O–H groups in total. The molecule has 20 heavy (non-hydrogen) atoms. The first-order valence-corrected chi connectivity index (χ1v) is 7.63. The number of aromatic nitrogens is 1. The zero-order chi connectivity index (χ0) is 15.2. The second-order valence-corrected chi connectivity index (χ2v) is 5.84. The van der Waals surface area contributed by atoms with Crippen LogP contribution in [0.3, 0.4) is 0 Å². The average Bonchev–Trinajstić information content (AvgIpc) is 2.47. The van der Waals surface area contributed by atoms with Crippen LogP contribution in [0.25, 0.3) is 0 Å². The molecule has 1 unspecified atom stereocenters. The summed E-state index contributed by atoms with van der Waals surface area (Å²) in [4.78, 5) is 4.58. The molecule has 0 aliphatic heterocycles. The lowest BCUT2D eigenvalue weighted by atomic mass is 9.76. The van der Waals surface area contributed by atoms with Crippen LogP contribution in [0.2, 0.25) is 0 Å². The highest BCUT2D eigenvalue weighted by Crippen LogP contribution is 2.35. The summed E-state index contributed by atoms with van der Waals surface area (Å²) in [6, 6.07) is 0. The van der Waals surface area contributed by atoms with Gasteiger partial charge in [0.15, 0.2) is 0 Å². The Morgan fingerprint density at radius 3 is 2.50 bits per heavy atom. The van der Waals surface area contributed by atoms with E-state index in [1.807, 2.05) is 13.1 Å². The van der Waals surface area contributed by atoms with E-state index in [1.165, 1.54) is 0 Å². The molecule has 1 aromatic rings. The Morgan fingerprint density at radius 1 is 1.30 bits per heavy atom. The molecule has 0 spiro atoms. The minimum Gasteiger partial charge on any atom is -0.496 e. The van der Waals surface area contributed by atoms with Gasteiger partial charge in [0.1, 0.15) is 5.75 Å². The number of nitrogens with zero attached hydrogens (tertiary/aromatic N) is 1. The van der Waals surface area contributed by atoms with Gasteiger partial charge < -0.3 is 9.84 Å². The number of hydrogen-bond donors (Lipinski definition) is 1. The molecule has 0 aliphatic carbocycles. The van der Waals surface area contributed by atoms with Crippen molar-refractivity contribution >= 4 is 0 Å². The Morgan fingerprint density at radius 2 is 2.00 bits per heavy atom. The first kappa shape index (κ1) is 17.0. The fourth-order valence-corrected chi connectivity index (χ4v) is 2.79. The van der Waals surface area contributed by atoms with E-state index in [0.29, 0.717) is 0 Å². The summed E-state index contributed by atoms with van der Waals surface area (Å²) < 4.78 is 5.48. The third kappa shape index (κ3) is 3.72. The lowest BCUT2D eigenvalue weighted by Crippen LogP contribution is -2.28. The largest absolute Gasteiger partial charge is 0.496 e. The van der Waals surface area contributed by atoms with Crippen molar-refractivity contribution < 1.29 is 9.84 Å². The standard InChI is InChI=1S/C17H29NO2/c1-6-8-9-17(7-2,12-19)10-15-14(4)16(20-5)13(3)11-18-15/h11,19H,6-10,12H2,1-5H3. The van der Waals surface area contributed by atoms with E-state index in [9.17, 15) is 5.11 Å². The highest BCUT2D eigenvalue weighted by atomic mass is 16.5. The van der Waals surface area contributed by atoms with Crippen molar-refractivity contribution in [2.75, 3.05) is 13.7 Å². The quantitative estimate of drug-likeness (QED) is 0.786. The molecule has 0 amide bonds. The molecule has 1 rings (SSSR count). The Bertz CT molecular complexity index is 425. The van der Waals surface area contributed by atoms with Crippen molar-refractivity contribution in [3.8, 4) is 5.75 Å². The van der Waals surface area contributed by atoms with E-state index in [-0.39, 0.29) is 12.0 Å². The highest BCUT2D eigenvalue weighted by molar-refractivity contribution is 5.41. The van der Waals surface area contributed by atoms with E-state index in [2.05, 4.69) is 25.8 Å². The van der Waals surface area contributed by atoms with Crippen LogP contribution in [0.1, 0.15) is 56.4 Å². The van der Waals surface area contributed by atoms with Gasteiger partial charge in [-0.2, -0.15) is 0 Å². The Balaban J connectivity index is 3.05. The van der Waals surface area contributed by atoms with E-state index < -0.39 is 0 Å². The van der Waals surface area contributed by atoms with Crippen molar-refractivity contribution in [3.63, 3.8) is 0 Å². The van der Waals surface area contributed by atoms with Gasteiger partial charge in [-0.15, -0.1) is 0 Å². The van der Waals surface area contributed by atoms with E-state index >= 15 is 0 Å². The summed E-state index contributed by atoms with van der Waals surface area (Å²) >= 11 is 0. The van der Waals surface area contributed by atoms with Gasteiger partial charge in [-0.05, 0) is 38.5 Å². The smallest absolute Gasteiger partial charge is 0.128 e. The second-order valence-electron chi connectivity index (χ2n) is 5.84. The second kappa shape index (κ2) is 7.63. The van der Waals surface area contributed by atoms with E-state index in [1.54, 1.807) is 7.11 Å². The molecule has 3 nitrogen and oxygen atoms in total. The van der Waals surface area contributed by atoms with Gasteiger partial charge in [0.25, 0.3) is 0 Å². The van der Waals surface area contributed by atoms with Crippen LogP contribution in [0, 0.1) is 19.3 Å². The summed E-state index contributed by atoms with van der Waals surface area (Å²) in [5.41, 5.74) is 3.18. The zero-order valence-electron chi connectivity index (χ0n) is 13.6. The molecule has 0 aromatic carbocycles. The predicted octanol–water partition coefficient (Wildman–Crippen LogP) is 3.83. The Hall–Kier alpha value is -1.09. The number of hydrogen-bond acceptors (Lipinski definition) is 3. The minimum absolute atomic E-state index is 0.0476. The molecular formula is C17H29NO2. The Labute approximate surface area is 123 Å². The van der Waals surface area contributed by atoms with Crippen LogP contribution >= 0.6 is 0 Å². The van der Waals surface area contributed by atoms with Crippen LogP contribution in [0.4, 0.5) is 0 Å². The Kier molecular flexibility index (Phi) is 6.47. The fraction of sp³-hybridized carbons (Fsp3) is 0.706. The lowest BCUT2D eigenvalue weighted by Gasteiger charge is -2.31. The average molecular weight is 279 g/mol. The number of methoxy groups -OCH3 is 1. The number of aliphatic hydroxyl groups is 1. The number of aliphatic hydroxyl groups excluding tert-OH is 1. The molecule has 0 fully saturated rings. The molecule has 0 saturated carbocycles. The van der Waals surface area contributed by atoms with E-state index in [0.717, 1.165) is 54.7 Å². The fourth-order valence-electron chi connectivity index (χ4n) is 2.79. The molecule has 1 heterocycles. The minimum atomic E-state index is -0.0476. The number of pyridine rings is 1. The van der Waals surface area contributed by atoms with Gasteiger partial charge in [0, 0.05) is 29.6 Å². The molecule has 0 bridgehead atoms. The molecular weight excluding hydrogens is 250 g/mol. The lowest BCUT2D eigenvalue weighted by molar-refractivity contribution is 0.106. The van der Waals surface area contributed by atoms with E-state index in [4.69, 9.17) is 4.74 Å². The maximum atomic E-state index is 9.88. The van der Waals surface area contributed by atoms with Gasteiger partial charge in [-0.1, -0.05) is 26.7 Å². The number of aryl methyl sites for hydroxylation is 1. The molecule has 0 saturated heterocycles. The van der Waals surface area contributed by atoms with Gasteiger partial charge in [0.05, 0.1) is 7.11 Å². The van der Waals surface area contributed by atoms with Crippen molar-refractivity contribution in [2.24, 2.45) is 5.41 Å². The van der Waals surface area contributed by atoms with Gasteiger partial charge in [-0.25, -0.2) is 0 Å².